The Kier molecular flexibility index (Phi) is 8.74. The van der Waals surface area contributed by atoms with Crippen molar-refractivity contribution >= 4 is 41.0 Å². The molecule has 40 heavy (non-hydrogen) atoms. The molecule has 10 heteroatoms. The van der Waals surface area contributed by atoms with E-state index in [9.17, 15) is 9.59 Å². The summed E-state index contributed by atoms with van der Waals surface area (Å²) in [6.07, 6.45) is 0. The fourth-order valence-corrected chi connectivity index (χ4v) is 6.20. The van der Waals surface area contributed by atoms with E-state index in [1.807, 2.05) is 78.9 Å². The van der Waals surface area contributed by atoms with E-state index in [4.69, 9.17) is 26.2 Å². The lowest BCUT2D eigenvalue weighted by atomic mass is 9.99. The van der Waals surface area contributed by atoms with Gasteiger partial charge >= 0.3 is 0 Å². The van der Waals surface area contributed by atoms with Crippen molar-refractivity contribution in [2.24, 2.45) is 0 Å². The summed E-state index contributed by atoms with van der Waals surface area (Å²) < 4.78 is 12.2. The van der Waals surface area contributed by atoms with Crippen LogP contribution >= 0.6 is 23.4 Å². The fraction of sp³-hybridized carbons (Fsp3) is 0.233. The molecule has 1 aliphatic rings. The molecule has 0 saturated carbocycles. The van der Waals surface area contributed by atoms with Crippen LogP contribution in [0, 0.1) is 0 Å². The van der Waals surface area contributed by atoms with Crippen molar-refractivity contribution < 1.29 is 19.1 Å². The molecule has 0 spiro atoms. The maximum absolute atomic E-state index is 13.7. The number of ether oxygens (including phenoxy) is 2. The normalized spacial score (nSPS) is 14.9. The largest absolute Gasteiger partial charge is 0.497 e. The van der Waals surface area contributed by atoms with Crippen LogP contribution in [0.15, 0.2) is 78.9 Å². The molecule has 1 aliphatic heterocycles. The second-order valence-corrected chi connectivity index (χ2v) is 10.6. The summed E-state index contributed by atoms with van der Waals surface area (Å²) in [5, 5.41) is 8.20. The number of carbonyl (C=O) groups excluding carboxylic acids is 2. The Balaban J connectivity index is 1.75. The smallest absolute Gasteiger partial charge is 0.240 e. The molecule has 1 atom stereocenters. The number of hydrogen-bond acceptors (Lipinski definition) is 6. The van der Waals surface area contributed by atoms with Crippen LogP contribution in [-0.2, 0) is 14.3 Å². The number of nitrogens with zero attached hydrogens (tertiary/aromatic N) is 3. The van der Waals surface area contributed by atoms with Gasteiger partial charge < -0.3 is 14.8 Å². The highest BCUT2D eigenvalue weighted by atomic mass is 35.5. The van der Waals surface area contributed by atoms with E-state index >= 15 is 0 Å². The molecule has 0 fully saturated rings. The molecule has 206 valence electrons. The van der Waals surface area contributed by atoms with Crippen LogP contribution in [0.1, 0.15) is 16.4 Å². The SMILES string of the molecule is COCCNC(=O)CN1C(=O)CS[C@H](c2ccccc2Cl)c2c(-c3ccccc3)nn(-c3ccc(OC)cc3)c21. The molecule has 0 saturated heterocycles. The van der Waals surface area contributed by atoms with Crippen LogP contribution in [-0.4, -0.2) is 61.3 Å². The Bertz CT molecular complexity index is 1490. The molecule has 3 aromatic carbocycles. The number of hydrogen-bond donors (Lipinski definition) is 1. The van der Waals surface area contributed by atoms with Crippen molar-refractivity contribution in [1.29, 1.82) is 0 Å². The first-order valence-electron chi connectivity index (χ1n) is 12.8. The van der Waals surface area contributed by atoms with Crippen LogP contribution < -0.4 is 15.0 Å². The first-order valence-corrected chi connectivity index (χ1v) is 14.2. The van der Waals surface area contributed by atoms with E-state index in [0.717, 1.165) is 22.4 Å². The van der Waals surface area contributed by atoms with Crippen molar-refractivity contribution in [3.05, 3.63) is 95.0 Å². The molecule has 0 unspecified atom stereocenters. The van der Waals surface area contributed by atoms with E-state index in [2.05, 4.69) is 5.32 Å². The lowest BCUT2D eigenvalue weighted by Crippen LogP contribution is -2.43. The average molecular weight is 577 g/mol. The Morgan fingerprint density at radius 1 is 1.05 bits per heavy atom. The second kappa shape index (κ2) is 12.6. The van der Waals surface area contributed by atoms with Crippen molar-refractivity contribution in [2.75, 3.05) is 44.6 Å². The van der Waals surface area contributed by atoms with Crippen LogP contribution in [0.2, 0.25) is 5.02 Å². The van der Waals surface area contributed by atoms with E-state index in [0.29, 0.717) is 35.4 Å². The van der Waals surface area contributed by atoms with Gasteiger partial charge in [-0.05, 0) is 35.9 Å². The predicted octanol–water partition coefficient (Wildman–Crippen LogP) is 5.13. The monoisotopic (exact) mass is 576 g/mol. The summed E-state index contributed by atoms with van der Waals surface area (Å²) >= 11 is 8.21. The van der Waals surface area contributed by atoms with Gasteiger partial charge in [-0.1, -0.05) is 60.1 Å². The summed E-state index contributed by atoms with van der Waals surface area (Å²) in [6, 6.07) is 24.9. The quantitative estimate of drug-likeness (QED) is 0.278. The number of aromatic nitrogens is 2. The molecule has 0 bridgehead atoms. The van der Waals surface area contributed by atoms with Gasteiger partial charge in [-0.3, -0.25) is 14.5 Å². The molecule has 2 heterocycles. The lowest BCUT2D eigenvalue weighted by molar-refractivity contribution is -0.123. The Labute approximate surface area is 242 Å². The third-order valence-electron chi connectivity index (χ3n) is 6.57. The van der Waals surface area contributed by atoms with Crippen LogP contribution in [0.3, 0.4) is 0 Å². The number of anilines is 1. The van der Waals surface area contributed by atoms with Gasteiger partial charge in [0, 0.05) is 29.8 Å². The maximum Gasteiger partial charge on any atom is 0.240 e. The summed E-state index contributed by atoms with van der Waals surface area (Å²) in [5.74, 6) is 0.900. The van der Waals surface area contributed by atoms with Gasteiger partial charge in [-0.2, -0.15) is 5.10 Å². The van der Waals surface area contributed by atoms with Crippen LogP contribution in [0.4, 0.5) is 5.82 Å². The summed E-state index contributed by atoms with van der Waals surface area (Å²) in [6.45, 7) is 0.549. The fourth-order valence-electron chi connectivity index (χ4n) is 4.66. The molecule has 4 aromatic rings. The third kappa shape index (κ3) is 5.72. The molecule has 8 nitrogen and oxygen atoms in total. The molecule has 5 rings (SSSR count). The minimum Gasteiger partial charge on any atom is -0.497 e. The highest BCUT2D eigenvalue weighted by Crippen LogP contribution is 2.49. The van der Waals surface area contributed by atoms with Crippen molar-refractivity contribution in [2.45, 2.75) is 5.25 Å². The third-order valence-corrected chi connectivity index (χ3v) is 8.15. The molecule has 1 N–H and O–H groups in total. The number of amides is 2. The molecular formula is C30H29ClN4O4S. The van der Waals surface area contributed by atoms with Crippen LogP contribution in [0.25, 0.3) is 16.9 Å². The van der Waals surface area contributed by atoms with Gasteiger partial charge in [0.15, 0.2) is 0 Å². The number of methoxy groups -OCH3 is 2. The summed E-state index contributed by atoms with van der Waals surface area (Å²) in [4.78, 5) is 28.3. The van der Waals surface area contributed by atoms with Crippen LogP contribution in [0.5, 0.6) is 5.75 Å². The minimum absolute atomic E-state index is 0.159. The number of carbonyl (C=O) groups is 2. The molecule has 1 aromatic heterocycles. The number of halogens is 1. The van der Waals surface area contributed by atoms with Gasteiger partial charge in [0.2, 0.25) is 11.8 Å². The van der Waals surface area contributed by atoms with Crippen molar-refractivity contribution in [3.8, 4) is 22.7 Å². The highest BCUT2D eigenvalue weighted by Gasteiger charge is 2.38. The standard InChI is InChI=1S/C30H29ClN4O4S/c1-38-17-16-32-25(36)18-34-26(37)19-40-29(23-10-6-7-11-24(23)31)27-28(20-8-4-3-5-9-20)33-35(30(27)34)21-12-14-22(39-2)15-13-21/h3-15,29H,16-19H2,1-2H3,(H,32,36)/t29-/m1/s1. The zero-order valence-electron chi connectivity index (χ0n) is 22.2. The molecular weight excluding hydrogens is 548 g/mol. The van der Waals surface area contributed by atoms with Gasteiger partial charge in [-0.25, -0.2) is 4.68 Å². The van der Waals surface area contributed by atoms with Crippen molar-refractivity contribution in [3.63, 3.8) is 0 Å². The molecule has 0 aliphatic carbocycles. The Morgan fingerprint density at radius 2 is 1.77 bits per heavy atom. The Hall–Kier alpha value is -3.79. The number of benzene rings is 3. The summed E-state index contributed by atoms with van der Waals surface area (Å²) in [5.41, 5.74) is 4.02. The minimum atomic E-state index is -0.309. The molecule has 2 amide bonds. The van der Waals surface area contributed by atoms with E-state index in [1.165, 1.54) is 16.7 Å². The van der Waals surface area contributed by atoms with E-state index < -0.39 is 0 Å². The lowest BCUT2D eigenvalue weighted by Gasteiger charge is -2.23. The van der Waals surface area contributed by atoms with Gasteiger partial charge in [-0.15, -0.1) is 11.8 Å². The number of rotatable bonds is 9. The predicted molar refractivity (Wildman–Crippen MR) is 159 cm³/mol. The van der Waals surface area contributed by atoms with Gasteiger partial charge in [0.25, 0.3) is 0 Å². The second-order valence-electron chi connectivity index (χ2n) is 9.10. The Morgan fingerprint density at radius 3 is 2.48 bits per heavy atom. The maximum atomic E-state index is 13.7. The van der Waals surface area contributed by atoms with Crippen molar-refractivity contribution in [1.82, 2.24) is 15.1 Å². The van der Waals surface area contributed by atoms with Gasteiger partial charge in [0.05, 0.1) is 36.1 Å². The van der Waals surface area contributed by atoms with Gasteiger partial charge in [0.1, 0.15) is 18.1 Å². The molecule has 0 radical (unpaired) electrons. The first-order chi connectivity index (χ1) is 19.5. The zero-order valence-corrected chi connectivity index (χ0v) is 23.7. The first kappa shape index (κ1) is 27.8. The van der Waals surface area contributed by atoms with E-state index in [1.54, 1.807) is 18.9 Å². The topological polar surface area (TPSA) is 85.7 Å². The van der Waals surface area contributed by atoms with E-state index in [-0.39, 0.29) is 29.4 Å². The summed E-state index contributed by atoms with van der Waals surface area (Å²) in [7, 11) is 3.18. The zero-order chi connectivity index (χ0) is 28.1. The number of thioether (sulfide) groups is 1. The highest BCUT2D eigenvalue weighted by molar-refractivity contribution is 8.00. The average Bonchev–Trinajstić information content (AvgIpc) is 3.31. The number of nitrogens with one attached hydrogen (secondary N) is 1. The number of fused-ring (bicyclic) bond motifs is 1.